The summed E-state index contributed by atoms with van der Waals surface area (Å²) in [5.74, 6) is -1.07. The number of nitrogens with zero attached hydrogens (tertiary/aromatic N) is 5. The molecule has 1 N–H and O–H groups in total. The van der Waals surface area contributed by atoms with E-state index < -0.39 is 5.97 Å². The molecule has 20 heavy (non-hydrogen) atoms. The lowest BCUT2D eigenvalue weighted by Crippen LogP contribution is -2.12. The minimum absolute atomic E-state index is 0.0195. The molecule has 0 saturated carbocycles. The van der Waals surface area contributed by atoms with Crippen LogP contribution in [0.5, 0.6) is 0 Å². The van der Waals surface area contributed by atoms with Crippen LogP contribution in [0.3, 0.4) is 0 Å². The van der Waals surface area contributed by atoms with Gasteiger partial charge in [0.15, 0.2) is 17.2 Å². The van der Waals surface area contributed by atoms with Crippen molar-refractivity contribution in [2.24, 2.45) is 0 Å². The number of aromatic nitrogens is 3. The molecule has 2 heterocycles. The van der Waals surface area contributed by atoms with Gasteiger partial charge in [-0.1, -0.05) is 0 Å². The molecule has 0 aliphatic carbocycles. The predicted octanol–water partition coefficient (Wildman–Crippen LogP) is 1.33. The standard InChI is InChI=1S/C13H9N5O2/c1-7-3-8(2)17-12(11(7)13(19)20)18-6-16-9(4-14)10(18)5-15/h3,6H,1-2H3,(H,19,20). The van der Waals surface area contributed by atoms with Gasteiger partial charge in [0.25, 0.3) is 0 Å². The second-order valence-corrected chi connectivity index (χ2v) is 4.12. The summed E-state index contributed by atoms with van der Waals surface area (Å²) in [7, 11) is 0. The van der Waals surface area contributed by atoms with E-state index in [0.29, 0.717) is 11.3 Å². The summed E-state index contributed by atoms with van der Waals surface area (Å²) in [4.78, 5) is 19.3. The number of carboxylic acid groups (broad SMARTS) is 1. The van der Waals surface area contributed by atoms with Crippen molar-refractivity contribution in [2.75, 3.05) is 0 Å². The van der Waals surface area contributed by atoms with Crippen molar-refractivity contribution < 1.29 is 9.90 Å². The van der Waals surface area contributed by atoms with Gasteiger partial charge in [0.05, 0.1) is 0 Å². The van der Waals surface area contributed by atoms with Crippen LogP contribution in [-0.4, -0.2) is 25.6 Å². The van der Waals surface area contributed by atoms with E-state index in [0.717, 1.165) is 0 Å². The molecule has 0 aliphatic rings. The molecular formula is C13H9N5O2. The highest BCUT2D eigenvalue weighted by molar-refractivity contribution is 5.93. The largest absolute Gasteiger partial charge is 0.478 e. The number of pyridine rings is 1. The van der Waals surface area contributed by atoms with Gasteiger partial charge in [-0.2, -0.15) is 10.5 Å². The van der Waals surface area contributed by atoms with Crippen LogP contribution >= 0.6 is 0 Å². The Morgan fingerprint density at radius 2 is 2.05 bits per heavy atom. The summed E-state index contributed by atoms with van der Waals surface area (Å²) < 4.78 is 1.22. The molecule has 2 rings (SSSR count). The highest BCUT2D eigenvalue weighted by atomic mass is 16.4. The average molecular weight is 267 g/mol. The molecule has 2 aromatic rings. The maximum Gasteiger partial charge on any atom is 0.339 e. The summed E-state index contributed by atoms with van der Waals surface area (Å²) in [6.45, 7) is 3.37. The monoisotopic (exact) mass is 267 g/mol. The van der Waals surface area contributed by atoms with Crippen molar-refractivity contribution in [3.05, 3.63) is 40.6 Å². The molecule has 98 valence electrons. The van der Waals surface area contributed by atoms with E-state index in [1.54, 1.807) is 26.0 Å². The van der Waals surface area contributed by atoms with Gasteiger partial charge in [-0.05, 0) is 25.5 Å². The van der Waals surface area contributed by atoms with Gasteiger partial charge >= 0.3 is 5.97 Å². The van der Waals surface area contributed by atoms with Gasteiger partial charge in [0.2, 0.25) is 0 Å². The minimum Gasteiger partial charge on any atom is -0.478 e. The third-order valence-corrected chi connectivity index (χ3v) is 2.75. The maximum atomic E-state index is 11.4. The number of hydrogen-bond acceptors (Lipinski definition) is 5. The van der Waals surface area contributed by atoms with Gasteiger partial charge in [-0.15, -0.1) is 0 Å². The van der Waals surface area contributed by atoms with Crippen LogP contribution in [-0.2, 0) is 0 Å². The molecule has 0 aromatic carbocycles. The van der Waals surface area contributed by atoms with Gasteiger partial charge in [-0.3, -0.25) is 4.57 Å². The fourth-order valence-electron chi connectivity index (χ4n) is 1.95. The van der Waals surface area contributed by atoms with E-state index in [1.165, 1.54) is 10.9 Å². The van der Waals surface area contributed by atoms with Crippen LogP contribution in [0.25, 0.3) is 5.82 Å². The first-order valence-corrected chi connectivity index (χ1v) is 5.59. The number of aromatic carboxylic acids is 1. The predicted molar refractivity (Wildman–Crippen MR) is 67.2 cm³/mol. The van der Waals surface area contributed by atoms with E-state index in [-0.39, 0.29) is 22.8 Å². The molecule has 7 heteroatoms. The Bertz CT molecular complexity index is 792. The Labute approximate surface area is 114 Å². The normalized spacial score (nSPS) is 9.80. The van der Waals surface area contributed by atoms with Gasteiger partial charge in [0.1, 0.15) is 24.0 Å². The Morgan fingerprint density at radius 3 is 2.60 bits per heavy atom. The quantitative estimate of drug-likeness (QED) is 0.877. The molecule has 0 bridgehead atoms. The van der Waals surface area contributed by atoms with Crippen molar-refractivity contribution in [1.29, 1.82) is 10.5 Å². The van der Waals surface area contributed by atoms with Crippen LogP contribution in [0, 0.1) is 36.5 Å². The van der Waals surface area contributed by atoms with Crippen LogP contribution < -0.4 is 0 Å². The second kappa shape index (κ2) is 4.82. The summed E-state index contributed by atoms with van der Waals surface area (Å²) in [5.41, 5.74) is 1.01. The zero-order valence-electron chi connectivity index (χ0n) is 10.7. The number of nitriles is 2. The van der Waals surface area contributed by atoms with Crippen molar-refractivity contribution in [1.82, 2.24) is 14.5 Å². The summed E-state index contributed by atoms with van der Waals surface area (Å²) in [5, 5.41) is 27.3. The first kappa shape index (κ1) is 13.2. The SMILES string of the molecule is Cc1cc(C)c(C(=O)O)c(-n2cnc(C#N)c2C#N)n1. The van der Waals surface area contributed by atoms with E-state index in [9.17, 15) is 9.90 Å². The molecule has 0 aliphatic heterocycles. The maximum absolute atomic E-state index is 11.4. The van der Waals surface area contributed by atoms with Gasteiger partial charge in [0, 0.05) is 5.69 Å². The topological polar surface area (TPSA) is 116 Å². The van der Waals surface area contributed by atoms with Crippen LogP contribution in [0.1, 0.15) is 33.0 Å². The molecule has 0 saturated heterocycles. The minimum atomic E-state index is -1.15. The smallest absolute Gasteiger partial charge is 0.339 e. The Kier molecular flexibility index (Phi) is 3.20. The van der Waals surface area contributed by atoms with Crippen LogP contribution in [0.15, 0.2) is 12.4 Å². The van der Waals surface area contributed by atoms with Gasteiger partial charge in [-0.25, -0.2) is 14.8 Å². The molecule has 0 fully saturated rings. The van der Waals surface area contributed by atoms with E-state index >= 15 is 0 Å². The Balaban J connectivity index is 2.84. The fraction of sp³-hybridized carbons (Fsp3) is 0.154. The molecule has 0 unspecified atom stereocenters. The van der Waals surface area contributed by atoms with Crippen molar-refractivity contribution in [3.63, 3.8) is 0 Å². The van der Waals surface area contributed by atoms with E-state index in [1.807, 2.05) is 6.07 Å². The molecular weight excluding hydrogens is 258 g/mol. The molecule has 7 nitrogen and oxygen atoms in total. The highest BCUT2D eigenvalue weighted by Crippen LogP contribution is 2.20. The molecule has 0 atom stereocenters. The first-order chi connectivity index (χ1) is 9.49. The lowest BCUT2D eigenvalue weighted by molar-refractivity contribution is 0.0695. The summed E-state index contributed by atoms with van der Waals surface area (Å²) in [6.07, 6.45) is 1.23. The van der Waals surface area contributed by atoms with Gasteiger partial charge < -0.3 is 5.11 Å². The zero-order valence-corrected chi connectivity index (χ0v) is 10.7. The number of imidazole rings is 1. The number of rotatable bonds is 2. The van der Waals surface area contributed by atoms with E-state index in [4.69, 9.17) is 10.5 Å². The number of carboxylic acids is 1. The van der Waals surface area contributed by atoms with Crippen LogP contribution in [0.2, 0.25) is 0 Å². The number of carbonyl (C=O) groups is 1. The number of hydrogen-bond donors (Lipinski definition) is 1. The van der Waals surface area contributed by atoms with Crippen molar-refractivity contribution in [2.45, 2.75) is 13.8 Å². The third-order valence-electron chi connectivity index (χ3n) is 2.75. The lowest BCUT2D eigenvalue weighted by Gasteiger charge is -2.10. The molecule has 0 radical (unpaired) electrons. The summed E-state index contributed by atoms with van der Waals surface area (Å²) >= 11 is 0. The Morgan fingerprint density at radius 1 is 1.35 bits per heavy atom. The number of aryl methyl sites for hydroxylation is 2. The molecule has 0 amide bonds. The van der Waals surface area contributed by atoms with E-state index in [2.05, 4.69) is 9.97 Å². The average Bonchev–Trinajstić information content (AvgIpc) is 2.79. The molecule has 0 spiro atoms. The molecule has 2 aromatic heterocycles. The zero-order chi connectivity index (χ0) is 14.9. The Hall–Kier alpha value is -3.19. The highest BCUT2D eigenvalue weighted by Gasteiger charge is 2.21. The lowest BCUT2D eigenvalue weighted by atomic mass is 10.1. The van der Waals surface area contributed by atoms with Crippen LogP contribution in [0.4, 0.5) is 0 Å². The first-order valence-electron chi connectivity index (χ1n) is 5.59. The van der Waals surface area contributed by atoms with Crippen molar-refractivity contribution in [3.8, 4) is 18.0 Å². The van der Waals surface area contributed by atoms with Crippen molar-refractivity contribution >= 4 is 5.97 Å². The fourth-order valence-corrected chi connectivity index (χ4v) is 1.95. The summed E-state index contributed by atoms with van der Waals surface area (Å²) in [6, 6.07) is 5.27. The third kappa shape index (κ3) is 1.98. The second-order valence-electron chi connectivity index (χ2n) is 4.12.